The highest BCUT2D eigenvalue weighted by Crippen LogP contribution is 2.16. The average Bonchev–Trinajstić information content (AvgIpc) is 2.27. The molecule has 1 aromatic rings. The molecule has 1 aromatic carbocycles. The quantitative estimate of drug-likeness (QED) is 0.589. The lowest BCUT2D eigenvalue weighted by Gasteiger charge is -2.09. The van der Waals surface area contributed by atoms with Gasteiger partial charge in [-0.2, -0.15) is 0 Å². The second-order valence-electron chi connectivity index (χ2n) is 4.16. The molecule has 0 radical (unpaired) electrons. The Kier molecular flexibility index (Phi) is 5.49. The monoisotopic (exact) mass is 236 g/mol. The van der Waals surface area contributed by atoms with E-state index in [1.54, 1.807) is 12.1 Å². The summed E-state index contributed by atoms with van der Waals surface area (Å²) in [5, 5.41) is 2.78. The number of amides is 1. The van der Waals surface area contributed by atoms with E-state index in [1.807, 2.05) is 26.0 Å². The molecule has 1 rings (SSSR count). The maximum Gasteiger partial charge on any atom is 0.224 e. The van der Waals surface area contributed by atoms with E-state index in [2.05, 4.69) is 5.32 Å². The Morgan fingerprint density at radius 3 is 2.76 bits per heavy atom. The summed E-state index contributed by atoms with van der Waals surface area (Å²) >= 11 is 0. The van der Waals surface area contributed by atoms with Crippen molar-refractivity contribution in [3.63, 3.8) is 0 Å². The van der Waals surface area contributed by atoms with Gasteiger partial charge in [-0.25, -0.2) is 0 Å². The summed E-state index contributed by atoms with van der Waals surface area (Å²) in [4.78, 5) is 11.6. The number of carbonyl (C=O) groups is 1. The molecule has 0 saturated carbocycles. The van der Waals surface area contributed by atoms with Crippen molar-refractivity contribution in [3.8, 4) is 0 Å². The molecule has 0 unspecified atom stereocenters. The van der Waals surface area contributed by atoms with Gasteiger partial charge in [-0.3, -0.25) is 4.79 Å². The normalized spacial score (nSPS) is 10.5. The Labute approximate surface area is 102 Å². The van der Waals surface area contributed by atoms with Crippen molar-refractivity contribution in [2.75, 3.05) is 17.7 Å². The van der Waals surface area contributed by atoms with Crippen LogP contribution in [0, 0.1) is 0 Å². The van der Waals surface area contributed by atoms with Crippen molar-refractivity contribution in [1.82, 2.24) is 0 Å². The Balaban J connectivity index is 2.28. The fraction of sp³-hybridized carbons (Fsp3) is 0.462. The van der Waals surface area contributed by atoms with Gasteiger partial charge in [0.15, 0.2) is 0 Å². The molecule has 4 nitrogen and oxygen atoms in total. The number of nitrogen functional groups attached to an aromatic ring is 1. The zero-order chi connectivity index (χ0) is 12.7. The Morgan fingerprint density at radius 1 is 1.41 bits per heavy atom. The largest absolute Gasteiger partial charge is 0.397 e. The molecule has 0 heterocycles. The number of nitrogens with one attached hydrogen (secondary N) is 1. The highest BCUT2D eigenvalue weighted by Gasteiger charge is 2.04. The molecule has 17 heavy (non-hydrogen) atoms. The first-order valence-electron chi connectivity index (χ1n) is 5.85. The van der Waals surface area contributed by atoms with Crippen LogP contribution < -0.4 is 11.1 Å². The van der Waals surface area contributed by atoms with Crippen molar-refractivity contribution in [1.29, 1.82) is 0 Å². The van der Waals surface area contributed by atoms with Crippen LogP contribution >= 0.6 is 0 Å². The second kappa shape index (κ2) is 6.91. The summed E-state index contributed by atoms with van der Waals surface area (Å²) in [6.45, 7) is 4.56. The van der Waals surface area contributed by atoms with E-state index in [0.29, 0.717) is 24.4 Å². The number of ether oxygens (including phenoxy) is 1. The number of rotatable bonds is 6. The molecule has 0 saturated heterocycles. The van der Waals surface area contributed by atoms with Gasteiger partial charge < -0.3 is 15.8 Å². The first kappa shape index (κ1) is 13.5. The fourth-order valence-electron chi connectivity index (χ4n) is 1.38. The van der Waals surface area contributed by atoms with E-state index in [9.17, 15) is 4.79 Å². The highest BCUT2D eigenvalue weighted by atomic mass is 16.5. The maximum atomic E-state index is 11.6. The topological polar surface area (TPSA) is 64.3 Å². The van der Waals surface area contributed by atoms with Gasteiger partial charge in [0.25, 0.3) is 0 Å². The maximum absolute atomic E-state index is 11.6. The van der Waals surface area contributed by atoms with Gasteiger partial charge >= 0.3 is 0 Å². The van der Waals surface area contributed by atoms with Crippen LogP contribution in [0.3, 0.4) is 0 Å². The van der Waals surface area contributed by atoms with Crippen LogP contribution in [0.25, 0.3) is 0 Å². The highest BCUT2D eigenvalue weighted by molar-refractivity contribution is 5.93. The van der Waals surface area contributed by atoms with E-state index >= 15 is 0 Å². The molecule has 0 spiro atoms. The van der Waals surface area contributed by atoms with E-state index in [4.69, 9.17) is 10.5 Å². The van der Waals surface area contributed by atoms with Gasteiger partial charge in [0.2, 0.25) is 5.91 Å². The molecule has 4 heteroatoms. The number of carbonyl (C=O) groups excluding carboxylic acids is 1. The van der Waals surface area contributed by atoms with Crippen molar-refractivity contribution >= 4 is 17.3 Å². The minimum Gasteiger partial charge on any atom is -0.397 e. The van der Waals surface area contributed by atoms with Gasteiger partial charge in [-0.15, -0.1) is 0 Å². The molecule has 0 atom stereocenters. The molecule has 3 N–H and O–H groups in total. The zero-order valence-corrected chi connectivity index (χ0v) is 10.4. The van der Waals surface area contributed by atoms with Crippen LogP contribution in [0.15, 0.2) is 24.3 Å². The standard InChI is InChI=1S/C13H20N2O2/c1-10(2)17-9-5-8-13(16)15-12-7-4-3-6-11(12)14/h3-4,6-7,10H,5,8-9,14H2,1-2H3,(H,15,16). The van der Waals surface area contributed by atoms with Crippen LogP contribution in [-0.4, -0.2) is 18.6 Å². The van der Waals surface area contributed by atoms with Gasteiger partial charge in [0.05, 0.1) is 17.5 Å². The van der Waals surface area contributed by atoms with Crippen LogP contribution in [-0.2, 0) is 9.53 Å². The predicted molar refractivity (Wildman–Crippen MR) is 69.8 cm³/mol. The van der Waals surface area contributed by atoms with E-state index in [1.165, 1.54) is 0 Å². The van der Waals surface area contributed by atoms with Crippen molar-refractivity contribution in [2.45, 2.75) is 32.8 Å². The SMILES string of the molecule is CC(C)OCCCC(=O)Nc1ccccc1N. The summed E-state index contributed by atoms with van der Waals surface area (Å²) in [5.74, 6) is -0.0322. The molecular weight excluding hydrogens is 216 g/mol. The second-order valence-corrected chi connectivity index (χ2v) is 4.16. The molecule has 1 amide bonds. The lowest BCUT2D eigenvalue weighted by Crippen LogP contribution is -2.14. The van der Waals surface area contributed by atoms with Crippen LogP contribution in [0.5, 0.6) is 0 Å². The minimum atomic E-state index is -0.0322. The third kappa shape index (κ3) is 5.36. The summed E-state index contributed by atoms with van der Waals surface area (Å²) in [6, 6.07) is 7.23. The number of hydrogen-bond acceptors (Lipinski definition) is 3. The number of anilines is 2. The summed E-state index contributed by atoms with van der Waals surface area (Å²) < 4.78 is 5.36. The number of para-hydroxylation sites is 2. The summed E-state index contributed by atoms with van der Waals surface area (Å²) in [6.07, 6.45) is 1.38. The lowest BCUT2D eigenvalue weighted by atomic mass is 10.2. The van der Waals surface area contributed by atoms with Crippen LogP contribution in [0.2, 0.25) is 0 Å². The molecule has 0 aliphatic carbocycles. The van der Waals surface area contributed by atoms with Gasteiger partial charge in [-0.1, -0.05) is 12.1 Å². The molecule has 0 aliphatic heterocycles. The van der Waals surface area contributed by atoms with Gasteiger partial charge in [0.1, 0.15) is 0 Å². The van der Waals surface area contributed by atoms with Crippen molar-refractivity contribution in [3.05, 3.63) is 24.3 Å². The number of benzene rings is 1. The first-order valence-corrected chi connectivity index (χ1v) is 5.85. The Hall–Kier alpha value is -1.55. The van der Waals surface area contributed by atoms with Crippen molar-refractivity contribution in [2.24, 2.45) is 0 Å². The van der Waals surface area contributed by atoms with Crippen molar-refractivity contribution < 1.29 is 9.53 Å². The smallest absolute Gasteiger partial charge is 0.224 e. The fourth-order valence-corrected chi connectivity index (χ4v) is 1.38. The lowest BCUT2D eigenvalue weighted by molar-refractivity contribution is -0.116. The molecular formula is C13H20N2O2. The Morgan fingerprint density at radius 2 is 2.12 bits per heavy atom. The third-order valence-corrected chi connectivity index (χ3v) is 2.23. The first-order chi connectivity index (χ1) is 8.09. The minimum absolute atomic E-state index is 0.0322. The zero-order valence-electron chi connectivity index (χ0n) is 10.4. The number of hydrogen-bond donors (Lipinski definition) is 2. The van der Waals surface area contributed by atoms with Crippen LogP contribution in [0.1, 0.15) is 26.7 Å². The van der Waals surface area contributed by atoms with Crippen LogP contribution in [0.4, 0.5) is 11.4 Å². The van der Waals surface area contributed by atoms with E-state index < -0.39 is 0 Å². The average molecular weight is 236 g/mol. The molecule has 94 valence electrons. The third-order valence-electron chi connectivity index (χ3n) is 2.23. The molecule has 0 aromatic heterocycles. The van der Waals surface area contributed by atoms with Gasteiger partial charge in [-0.05, 0) is 32.4 Å². The van der Waals surface area contributed by atoms with Gasteiger partial charge in [0, 0.05) is 13.0 Å². The van der Waals surface area contributed by atoms with E-state index in [0.717, 1.165) is 6.42 Å². The molecule has 0 bridgehead atoms. The summed E-state index contributed by atoms with van der Waals surface area (Å²) in [7, 11) is 0. The molecule has 0 aliphatic rings. The predicted octanol–water partition coefficient (Wildman–Crippen LogP) is 2.41. The molecule has 0 fully saturated rings. The Bertz CT molecular complexity index is 364. The number of nitrogens with two attached hydrogens (primary N) is 1. The summed E-state index contributed by atoms with van der Waals surface area (Å²) in [5.41, 5.74) is 6.98. The van der Waals surface area contributed by atoms with E-state index in [-0.39, 0.29) is 12.0 Å².